The Balaban J connectivity index is 0.000000237. The lowest BCUT2D eigenvalue weighted by molar-refractivity contribution is -0.936. The average Bonchev–Trinajstić information content (AvgIpc) is 3.54. The topological polar surface area (TPSA) is 260 Å². The van der Waals surface area contributed by atoms with Crippen LogP contribution in [0.15, 0.2) is 128 Å². The van der Waals surface area contributed by atoms with Gasteiger partial charge in [-0.25, -0.2) is 0 Å². The molecule has 432 valence electrons. The van der Waals surface area contributed by atoms with Crippen LogP contribution in [0.4, 0.5) is 0 Å². The maximum absolute atomic E-state index is 12.3. The predicted octanol–water partition coefficient (Wildman–Crippen LogP) is 3.23. The summed E-state index contributed by atoms with van der Waals surface area (Å²) in [6, 6.07) is 26.0. The largest absolute Gasteiger partial charge is 0.872 e. The number of phosphoric ester groups is 1. The molecule has 0 amide bonds. The zero-order valence-electron chi connectivity index (χ0n) is 47.4. The smallest absolute Gasteiger partial charge is 0.182 e. The molecule has 82 heavy (non-hydrogen) atoms. The van der Waals surface area contributed by atoms with E-state index in [2.05, 4.69) is 85.6 Å². The van der Waals surface area contributed by atoms with Crippen LogP contribution in [0.2, 0.25) is 0 Å². The highest BCUT2D eigenvalue weighted by Gasteiger charge is 2.25. The van der Waals surface area contributed by atoms with Crippen molar-refractivity contribution < 1.29 is 70.6 Å². The van der Waals surface area contributed by atoms with Gasteiger partial charge in [0, 0.05) is 73.5 Å². The molecule has 0 saturated heterocycles. The highest BCUT2D eigenvalue weighted by Crippen LogP contribution is 2.44. The lowest BCUT2D eigenvalue weighted by Gasteiger charge is -2.33. The van der Waals surface area contributed by atoms with Gasteiger partial charge in [-0.1, -0.05) is 60.8 Å². The van der Waals surface area contributed by atoms with Crippen molar-refractivity contribution in [2.24, 2.45) is 0 Å². The molecule has 0 atom stereocenters. The summed E-state index contributed by atoms with van der Waals surface area (Å²) in [5, 5.41) is 44.0. The zero-order chi connectivity index (χ0) is 60.3. The second kappa shape index (κ2) is 24.6. The number of nitrogens with one attached hydrogen (secondary N) is 2. The summed E-state index contributed by atoms with van der Waals surface area (Å²) in [7, 11) is 16.3. The van der Waals surface area contributed by atoms with Crippen LogP contribution in [0.5, 0.6) is 11.5 Å². The summed E-state index contributed by atoms with van der Waals surface area (Å²) in [6.45, 7) is 6.93. The molecule has 0 fully saturated rings. The van der Waals surface area contributed by atoms with E-state index in [-0.39, 0.29) is 61.7 Å². The van der Waals surface area contributed by atoms with Crippen LogP contribution >= 0.6 is 32.3 Å². The number of quaternary nitrogens is 4. The highest BCUT2D eigenvalue weighted by molar-refractivity contribution is 7.81. The van der Waals surface area contributed by atoms with E-state index in [1.807, 2.05) is 0 Å². The van der Waals surface area contributed by atoms with E-state index < -0.39 is 19.8 Å². The van der Waals surface area contributed by atoms with Gasteiger partial charge >= 0.3 is 0 Å². The number of nitrogens with zero attached hydrogens (tertiary/aromatic N) is 4. The van der Waals surface area contributed by atoms with Crippen LogP contribution in [-0.4, -0.2) is 163 Å². The predicted molar refractivity (Wildman–Crippen MR) is 314 cm³/mol. The molecule has 0 spiro atoms. The summed E-state index contributed by atoms with van der Waals surface area (Å²) < 4.78 is 30.8. The van der Waals surface area contributed by atoms with Crippen molar-refractivity contribution in [3.63, 3.8) is 0 Å². The fraction of sp³-hybridized carbons (Fsp3) is 0.300. The normalized spacial score (nSPS) is 12.3. The van der Waals surface area contributed by atoms with Crippen LogP contribution in [-0.2, 0) is 4.57 Å². The zero-order valence-corrected chi connectivity index (χ0v) is 49.9. The van der Waals surface area contributed by atoms with Crippen molar-refractivity contribution in [2.45, 2.75) is 0 Å². The molecule has 22 heteroatoms. The molecule has 0 unspecified atom stereocenters. The minimum Gasteiger partial charge on any atom is -0.872 e. The SMILES string of the molecule is C[N+](C)(C)CC[N+](C)(C)CCNC(=S)c1ccc(C(=O)[O-])c(-c2c3ccc(=O)cc-3oc3cc(OP(=O)([O-])[O-])ccc23)c1.C[N+](C)(C)CC[N+](C)(C)CCNC(=S)c1ccc(C(=O)[O-])c(-c2c3ccc(=O)cc-3oc3cc([O-])ccc23)c1. The number of carboxylic acid groups (broad SMARTS) is 2. The first-order chi connectivity index (χ1) is 38.2. The van der Waals surface area contributed by atoms with E-state index in [1.165, 1.54) is 72.8 Å². The fourth-order valence-electron chi connectivity index (χ4n) is 9.12. The number of aromatic carboxylic acids is 2. The van der Waals surface area contributed by atoms with Gasteiger partial charge in [0.1, 0.15) is 72.4 Å². The van der Waals surface area contributed by atoms with Gasteiger partial charge in [-0.3, -0.25) is 9.59 Å². The van der Waals surface area contributed by atoms with Crippen molar-refractivity contribution in [2.75, 3.05) is 123 Å². The summed E-state index contributed by atoms with van der Waals surface area (Å²) >= 11 is 11.4. The van der Waals surface area contributed by atoms with Crippen molar-refractivity contribution in [3.05, 3.63) is 152 Å². The number of fused-ring (bicyclic) bond motifs is 4. The molecule has 0 aromatic heterocycles. The number of thiocarbonyl (C=S) groups is 2. The van der Waals surface area contributed by atoms with Gasteiger partial charge in [-0.2, -0.15) is 0 Å². The van der Waals surface area contributed by atoms with Crippen LogP contribution in [0, 0.1) is 0 Å². The molecule has 4 aromatic carbocycles. The van der Waals surface area contributed by atoms with Crippen molar-refractivity contribution in [1.29, 1.82) is 0 Å². The Kier molecular flexibility index (Phi) is 18.6. The molecule has 8 rings (SSSR count). The van der Waals surface area contributed by atoms with E-state index in [9.17, 15) is 48.8 Å². The number of phosphoric acid groups is 1. The number of rotatable bonds is 20. The van der Waals surface area contributed by atoms with E-state index in [1.54, 1.807) is 36.4 Å². The van der Waals surface area contributed by atoms with Crippen molar-refractivity contribution in [1.82, 2.24) is 10.6 Å². The Morgan fingerprint density at radius 1 is 0.524 bits per heavy atom. The fourth-order valence-corrected chi connectivity index (χ4v) is 9.95. The van der Waals surface area contributed by atoms with E-state index in [4.69, 9.17) is 33.3 Å². The van der Waals surface area contributed by atoms with Crippen molar-refractivity contribution in [3.8, 4) is 56.4 Å². The minimum atomic E-state index is -5.36. The van der Waals surface area contributed by atoms with Crippen LogP contribution in [0.3, 0.4) is 0 Å². The standard InChI is InChI=1S/C30H34N3O8PS.C30H33N3O5S/c1-32(2,3)14-15-33(4,5)13-12-31-29(43)19-6-9-22(30(35)36)25(16-19)28-23-10-7-20(34)17-26(23)40-27-18-21(8-11-24(27)28)41-42(37,38)39;1-32(2,3)14-15-33(4,5)13-12-31-29(39)19-6-9-22(30(36)37)25(16-19)28-23-10-7-20(34)17-26(23)38-27-18-21(35)8-11-24(27)28/h6-11,16-18H,12-15H2,1-5H3,(H2-2,31,35,36,37,38,39,43);6-11,16-18H,12-15H2,1-5H3,(H-2,31,34,35,36,37,39)/p-1. The third-order valence-corrected chi connectivity index (χ3v) is 15.0. The van der Waals surface area contributed by atoms with Gasteiger partial charge in [0.05, 0.1) is 109 Å². The van der Waals surface area contributed by atoms with Gasteiger partial charge in [0.25, 0.3) is 0 Å². The van der Waals surface area contributed by atoms with E-state index in [0.29, 0.717) is 72.8 Å². The van der Waals surface area contributed by atoms with Crippen LogP contribution < -0.4 is 51.1 Å². The lowest BCUT2D eigenvalue weighted by Crippen LogP contribution is -2.51. The number of carbonyl (C=O) groups is 2. The first kappa shape index (κ1) is 62.2. The molecular formula is C60H66N6O13PS2-. The molecule has 4 aliphatic rings. The maximum Gasteiger partial charge on any atom is 0.182 e. The molecule has 0 radical (unpaired) electrons. The molecule has 2 aliphatic carbocycles. The van der Waals surface area contributed by atoms with E-state index in [0.717, 1.165) is 57.2 Å². The van der Waals surface area contributed by atoms with Gasteiger partial charge < -0.3 is 81.2 Å². The number of hydrogen-bond donors (Lipinski definition) is 2. The van der Waals surface area contributed by atoms with Gasteiger partial charge in [-0.15, -0.1) is 5.75 Å². The number of benzene rings is 6. The Hall–Kier alpha value is -7.43. The third kappa shape index (κ3) is 16.2. The minimum absolute atomic E-state index is 0.0362. The third-order valence-electron chi connectivity index (χ3n) is 13.8. The second-order valence-electron chi connectivity index (χ2n) is 23.5. The highest BCUT2D eigenvalue weighted by atomic mass is 32.1. The van der Waals surface area contributed by atoms with Crippen LogP contribution in [0.1, 0.15) is 31.8 Å². The number of carbonyl (C=O) groups excluding carboxylic acids is 2. The molecule has 0 bridgehead atoms. The summed E-state index contributed by atoms with van der Waals surface area (Å²) in [4.78, 5) is 72.0. The molecule has 0 saturated carbocycles. The lowest BCUT2D eigenvalue weighted by atomic mass is 9.89. The van der Waals surface area contributed by atoms with Crippen LogP contribution in [0.25, 0.3) is 66.8 Å². The number of hydrogen-bond acceptors (Lipinski definition) is 15. The second-order valence-corrected chi connectivity index (χ2v) is 25.4. The Bertz CT molecular complexity index is 3860. The molecular weight excluding hydrogens is 1110 g/mol. The van der Waals surface area contributed by atoms with Crippen molar-refractivity contribution >= 4 is 76.1 Å². The average molecular weight is 1170 g/mol. The monoisotopic (exact) mass is 1170 g/mol. The Labute approximate surface area is 486 Å². The summed E-state index contributed by atoms with van der Waals surface area (Å²) in [5.74, 6) is -2.98. The number of carboxylic acids is 2. The Morgan fingerprint density at radius 3 is 1.34 bits per heavy atom. The van der Waals surface area contributed by atoms with Gasteiger partial charge in [-0.05, 0) is 65.7 Å². The van der Waals surface area contributed by atoms with Gasteiger partial charge in [0.15, 0.2) is 10.9 Å². The molecule has 19 nitrogen and oxygen atoms in total. The molecule has 4 aromatic rings. The molecule has 2 aliphatic heterocycles. The number of likely N-dealkylation sites (N-methyl/N-ethyl adjacent to an activating group) is 4. The van der Waals surface area contributed by atoms with E-state index >= 15 is 0 Å². The maximum atomic E-state index is 12.3. The summed E-state index contributed by atoms with van der Waals surface area (Å²) in [6.07, 6.45) is 0. The molecule has 2 heterocycles. The summed E-state index contributed by atoms with van der Waals surface area (Å²) in [5.41, 5.74) is 3.20. The quantitative estimate of drug-likeness (QED) is 0.0480. The van der Waals surface area contributed by atoms with Gasteiger partial charge in [0.2, 0.25) is 0 Å². The first-order valence-corrected chi connectivity index (χ1v) is 28.4. The Morgan fingerprint density at radius 2 is 0.939 bits per heavy atom. The first-order valence-electron chi connectivity index (χ1n) is 26.1. The molecule has 2 N–H and O–H groups in total.